The Balaban J connectivity index is 1.81. The number of hydrogen-bond acceptors (Lipinski definition) is 1. The predicted octanol–water partition coefficient (Wildman–Crippen LogP) is 4.47. The topological polar surface area (TPSA) is 12.0 Å². The molecular weight excluding hydrogens is 254 g/mol. The lowest BCUT2D eigenvalue weighted by atomic mass is 9.95. The molecule has 102 valence electrons. The van der Waals surface area contributed by atoms with Crippen molar-refractivity contribution >= 4 is 0 Å². The Labute approximate surface area is 125 Å². The zero-order chi connectivity index (χ0) is 14.1. The van der Waals surface area contributed by atoms with Gasteiger partial charge in [-0.25, -0.2) is 0 Å². The summed E-state index contributed by atoms with van der Waals surface area (Å²) < 4.78 is 0. The summed E-state index contributed by atoms with van der Waals surface area (Å²) >= 11 is 0. The monoisotopic (exact) mass is 271 g/mol. The summed E-state index contributed by atoms with van der Waals surface area (Å²) in [6.07, 6.45) is 0. The molecule has 0 bridgehead atoms. The highest BCUT2D eigenvalue weighted by Crippen LogP contribution is 2.39. The molecule has 0 saturated heterocycles. The van der Waals surface area contributed by atoms with Crippen LogP contribution < -0.4 is 5.32 Å². The first-order chi connectivity index (χ1) is 10.4. The third-order valence-electron chi connectivity index (χ3n) is 4.22. The standard InChI is InChI=1S/C20H17N/c1-3-9-15(10-4-1)19-17-13-7-8-14-18(17)20(21-19)16-11-5-2-6-12-16/h1-14,19-21H/t19-,20?/m1/s1. The van der Waals surface area contributed by atoms with Crippen LogP contribution >= 0.6 is 0 Å². The normalized spacial score (nSPS) is 20.2. The van der Waals surface area contributed by atoms with E-state index in [-0.39, 0.29) is 12.1 Å². The number of fused-ring (bicyclic) bond motifs is 1. The minimum atomic E-state index is 0.271. The predicted molar refractivity (Wildman–Crippen MR) is 86.1 cm³/mol. The van der Waals surface area contributed by atoms with Gasteiger partial charge in [0.25, 0.3) is 0 Å². The molecule has 1 nitrogen and oxygen atoms in total. The molecule has 3 aromatic rings. The lowest BCUT2D eigenvalue weighted by molar-refractivity contribution is 0.601. The van der Waals surface area contributed by atoms with Crippen LogP contribution in [0.1, 0.15) is 34.3 Å². The van der Waals surface area contributed by atoms with Gasteiger partial charge in [0, 0.05) is 0 Å². The van der Waals surface area contributed by atoms with Crippen molar-refractivity contribution in [3.63, 3.8) is 0 Å². The zero-order valence-corrected chi connectivity index (χ0v) is 11.7. The van der Waals surface area contributed by atoms with Crippen LogP contribution in [0.25, 0.3) is 0 Å². The van der Waals surface area contributed by atoms with Gasteiger partial charge in [0.1, 0.15) is 0 Å². The lowest BCUT2D eigenvalue weighted by Crippen LogP contribution is -2.19. The fourth-order valence-electron chi connectivity index (χ4n) is 3.23. The van der Waals surface area contributed by atoms with E-state index in [0.29, 0.717) is 0 Å². The molecule has 1 aliphatic rings. The highest BCUT2D eigenvalue weighted by atomic mass is 15.0. The molecule has 0 radical (unpaired) electrons. The third kappa shape index (κ3) is 2.16. The van der Waals surface area contributed by atoms with E-state index < -0.39 is 0 Å². The molecule has 1 aliphatic heterocycles. The summed E-state index contributed by atoms with van der Waals surface area (Å²) in [4.78, 5) is 0. The SMILES string of the molecule is c1ccc(C2N[C@H](c3ccccc3)c3ccccc32)cc1. The molecule has 21 heavy (non-hydrogen) atoms. The Morgan fingerprint density at radius 1 is 0.476 bits per heavy atom. The molecule has 1 unspecified atom stereocenters. The average Bonchev–Trinajstić information content (AvgIpc) is 2.96. The number of benzene rings is 3. The Hall–Kier alpha value is -2.38. The van der Waals surface area contributed by atoms with Gasteiger partial charge in [0.15, 0.2) is 0 Å². The van der Waals surface area contributed by atoms with Gasteiger partial charge in [-0.3, -0.25) is 5.32 Å². The van der Waals surface area contributed by atoms with Crippen LogP contribution in [0.2, 0.25) is 0 Å². The Bertz CT molecular complexity index is 670. The second-order valence-electron chi connectivity index (χ2n) is 5.48. The van der Waals surface area contributed by atoms with E-state index in [1.807, 2.05) is 0 Å². The van der Waals surface area contributed by atoms with Gasteiger partial charge in [-0.1, -0.05) is 84.9 Å². The zero-order valence-electron chi connectivity index (χ0n) is 11.7. The molecular formula is C20H17N. The molecule has 0 amide bonds. The van der Waals surface area contributed by atoms with E-state index in [1.54, 1.807) is 0 Å². The summed E-state index contributed by atoms with van der Waals surface area (Å²) in [5.74, 6) is 0. The van der Waals surface area contributed by atoms with E-state index in [0.717, 1.165) is 0 Å². The van der Waals surface area contributed by atoms with Crippen LogP contribution in [0.4, 0.5) is 0 Å². The maximum Gasteiger partial charge on any atom is 0.0587 e. The fourth-order valence-corrected chi connectivity index (χ4v) is 3.23. The summed E-state index contributed by atoms with van der Waals surface area (Å²) in [6, 6.07) is 30.6. The summed E-state index contributed by atoms with van der Waals surface area (Å²) in [7, 11) is 0. The van der Waals surface area contributed by atoms with Crippen LogP contribution in [0.5, 0.6) is 0 Å². The third-order valence-corrected chi connectivity index (χ3v) is 4.22. The van der Waals surface area contributed by atoms with Crippen LogP contribution in [0.15, 0.2) is 84.9 Å². The largest absolute Gasteiger partial charge is 0.295 e. The molecule has 0 saturated carbocycles. The molecule has 1 heteroatoms. The average molecular weight is 271 g/mol. The number of hydrogen-bond donors (Lipinski definition) is 1. The highest BCUT2D eigenvalue weighted by Gasteiger charge is 2.31. The minimum Gasteiger partial charge on any atom is -0.295 e. The molecule has 0 aromatic heterocycles. The molecule has 0 fully saturated rings. The van der Waals surface area contributed by atoms with Crippen molar-refractivity contribution in [2.24, 2.45) is 0 Å². The summed E-state index contributed by atoms with van der Waals surface area (Å²) in [5, 5.41) is 3.79. The van der Waals surface area contributed by atoms with E-state index in [2.05, 4.69) is 90.2 Å². The molecule has 0 aliphatic carbocycles. The number of nitrogens with one attached hydrogen (secondary N) is 1. The quantitative estimate of drug-likeness (QED) is 0.725. The van der Waals surface area contributed by atoms with E-state index in [1.165, 1.54) is 22.3 Å². The van der Waals surface area contributed by atoms with Crippen molar-refractivity contribution < 1.29 is 0 Å². The van der Waals surface area contributed by atoms with Gasteiger partial charge >= 0.3 is 0 Å². The van der Waals surface area contributed by atoms with Crippen molar-refractivity contribution in [2.45, 2.75) is 12.1 Å². The maximum absolute atomic E-state index is 3.79. The van der Waals surface area contributed by atoms with Gasteiger partial charge in [-0.2, -0.15) is 0 Å². The van der Waals surface area contributed by atoms with Crippen molar-refractivity contribution in [1.82, 2.24) is 5.32 Å². The van der Waals surface area contributed by atoms with Gasteiger partial charge in [-0.15, -0.1) is 0 Å². The van der Waals surface area contributed by atoms with Crippen molar-refractivity contribution in [3.05, 3.63) is 107 Å². The Morgan fingerprint density at radius 2 is 0.857 bits per heavy atom. The van der Waals surface area contributed by atoms with Crippen LogP contribution in [-0.4, -0.2) is 0 Å². The smallest absolute Gasteiger partial charge is 0.0587 e. The fraction of sp³-hybridized carbons (Fsp3) is 0.100. The molecule has 1 N–H and O–H groups in total. The van der Waals surface area contributed by atoms with Gasteiger partial charge in [0.05, 0.1) is 12.1 Å². The Kier molecular flexibility index (Phi) is 3.06. The molecule has 0 spiro atoms. The van der Waals surface area contributed by atoms with Crippen LogP contribution in [-0.2, 0) is 0 Å². The van der Waals surface area contributed by atoms with Gasteiger partial charge < -0.3 is 0 Å². The molecule has 4 rings (SSSR count). The maximum atomic E-state index is 3.79. The van der Waals surface area contributed by atoms with Crippen molar-refractivity contribution in [1.29, 1.82) is 0 Å². The van der Waals surface area contributed by atoms with E-state index in [9.17, 15) is 0 Å². The molecule has 2 atom stereocenters. The van der Waals surface area contributed by atoms with E-state index in [4.69, 9.17) is 0 Å². The van der Waals surface area contributed by atoms with Crippen molar-refractivity contribution in [3.8, 4) is 0 Å². The van der Waals surface area contributed by atoms with Gasteiger partial charge in [-0.05, 0) is 22.3 Å². The first-order valence-corrected chi connectivity index (χ1v) is 7.38. The van der Waals surface area contributed by atoms with Crippen LogP contribution in [0, 0.1) is 0 Å². The second kappa shape index (κ2) is 5.19. The first-order valence-electron chi connectivity index (χ1n) is 7.38. The first kappa shape index (κ1) is 12.4. The minimum absolute atomic E-state index is 0.271. The Morgan fingerprint density at radius 3 is 1.29 bits per heavy atom. The summed E-state index contributed by atoms with van der Waals surface area (Å²) in [6.45, 7) is 0. The lowest BCUT2D eigenvalue weighted by Gasteiger charge is -2.16. The van der Waals surface area contributed by atoms with Crippen LogP contribution in [0.3, 0.4) is 0 Å². The van der Waals surface area contributed by atoms with Gasteiger partial charge in [0.2, 0.25) is 0 Å². The van der Waals surface area contributed by atoms with E-state index >= 15 is 0 Å². The highest BCUT2D eigenvalue weighted by molar-refractivity contribution is 5.47. The molecule has 3 aromatic carbocycles. The molecule has 1 heterocycles. The number of rotatable bonds is 2. The second-order valence-corrected chi connectivity index (χ2v) is 5.48. The summed E-state index contributed by atoms with van der Waals surface area (Å²) in [5.41, 5.74) is 5.42. The van der Waals surface area contributed by atoms with Crippen molar-refractivity contribution in [2.75, 3.05) is 0 Å².